The molecule has 1 amide bonds. The number of sulfone groups is 1. The average molecular weight is 399 g/mol. The number of benzene rings is 2. The molecule has 0 aliphatic rings. The van der Waals surface area contributed by atoms with E-state index in [1.54, 1.807) is 12.1 Å². The van der Waals surface area contributed by atoms with Crippen molar-refractivity contribution in [3.05, 3.63) is 59.2 Å². The lowest BCUT2D eigenvalue weighted by Gasteiger charge is -2.04. The number of amides is 1. The summed E-state index contributed by atoms with van der Waals surface area (Å²) < 4.78 is 30.1. The second-order valence-corrected chi connectivity index (χ2v) is 8.83. The van der Waals surface area contributed by atoms with Crippen molar-refractivity contribution in [2.75, 3.05) is 11.1 Å². The first-order valence-electron chi connectivity index (χ1n) is 8.74. The average Bonchev–Trinajstić information content (AvgIpc) is 3.08. The molecule has 0 aliphatic carbocycles. The van der Waals surface area contributed by atoms with Crippen LogP contribution in [0, 0.1) is 20.8 Å². The maximum Gasteiger partial charge on any atom is 0.322 e. The smallest absolute Gasteiger partial charge is 0.322 e. The topological polar surface area (TPSA) is 102 Å². The van der Waals surface area contributed by atoms with E-state index in [0.29, 0.717) is 0 Å². The molecule has 1 aromatic heterocycles. The number of nitrogens with zero attached hydrogens (tertiary/aromatic N) is 2. The van der Waals surface area contributed by atoms with E-state index in [1.807, 2.05) is 39.0 Å². The quantitative estimate of drug-likeness (QED) is 0.681. The molecule has 0 saturated carbocycles. The number of carbonyl (C=O) groups excluding carboxylic acids is 1. The molecule has 28 heavy (non-hydrogen) atoms. The second-order valence-electron chi connectivity index (χ2n) is 6.72. The zero-order valence-electron chi connectivity index (χ0n) is 15.9. The summed E-state index contributed by atoms with van der Waals surface area (Å²) in [5.74, 6) is -0.527. The van der Waals surface area contributed by atoms with Gasteiger partial charge in [-0.1, -0.05) is 40.0 Å². The number of aryl methyl sites for hydroxylation is 3. The lowest BCUT2D eigenvalue weighted by atomic mass is 10.1. The zero-order valence-corrected chi connectivity index (χ0v) is 16.7. The van der Waals surface area contributed by atoms with Crippen molar-refractivity contribution in [3.8, 4) is 11.5 Å². The number of rotatable bonds is 6. The number of anilines is 1. The molecule has 1 N–H and O–H groups in total. The third kappa shape index (κ3) is 4.83. The van der Waals surface area contributed by atoms with E-state index >= 15 is 0 Å². The summed E-state index contributed by atoms with van der Waals surface area (Å²) in [7, 11) is -3.54. The van der Waals surface area contributed by atoms with Crippen LogP contribution in [0.1, 0.15) is 23.1 Å². The molecule has 7 nitrogen and oxygen atoms in total. The third-order valence-electron chi connectivity index (χ3n) is 4.12. The van der Waals surface area contributed by atoms with Gasteiger partial charge in [-0.3, -0.25) is 10.1 Å². The van der Waals surface area contributed by atoms with Gasteiger partial charge in [0.1, 0.15) is 0 Å². The summed E-state index contributed by atoms with van der Waals surface area (Å²) in [6.07, 6.45) is -0.211. The molecule has 2 aromatic carbocycles. The Balaban J connectivity index is 1.62. The Hall–Kier alpha value is -3.00. The Bertz CT molecular complexity index is 1080. The van der Waals surface area contributed by atoms with E-state index in [4.69, 9.17) is 4.42 Å². The van der Waals surface area contributed by atoms with Crippen LogP contribution in [-0.4, -0.2) is 30.3 Å². The highest BCUT2D eigenvalue weighted by Crippen LogP contribution is 2.22. The minimum atomic E-state index is -3.54. The van der Waals surface area contributed by atoms with Crippen molar-refractivity contribution in [2.24, 2.45) is 0 Å². The van der Waals surface area contributed by atoms with Gasteiger partial charge in [0, 0.05) is 12.0 Å². The third-order valence-corrected chi connectivity index (χ3v) is 5.85. The van der Waals surface area contributed by atoms with Crippen molar-refractivity contribution in [3.63, 3.8) is 0 Å². The van der Waals surface area contributed by atoms with Gasteiger partial charge < -0.3 is 4.42 Å². The van der Waals surface area contributed by atoms with Crippen molar-refractivity contribution in [1.29, 1.82) is 0 Å². The molecule has 0 atom stereocenters. The SMILES string of the molecule is Cc1ccc(S(=O)(=O)CCC(=O)Nc2nnc(-c3cc(C)cc(C)c3)o2)cc1. The van der Waals surface area contributed by atoms with Crippen LogP contribution >= 0.6 is 0 Å². The van der Waals surface area contributed by atoms with Gasteiger partial charge in [-0.05, 0) is 45.0 Å². The van der Waals surface area contributed by atoms with Gasteiger partial charge >= 0.3 is 6.01 Å². The van der Waals surface area contributed by atoms with Crippen LogP contribution in [0.15, 0.2) is 51.8 Å². The number of carbonyl (C=O) groups is 1. The first kappa shape index (κ1) is 19.8. The largest absolute Gasteiger partial charge is 0.403 e. The zero-order chi connectivity index (χ0) is 20.3. The lowest BCUT2D eigenvalue weighted by molar-refractivity contribution is -0.115. The molecule has 0 fully saturated rings. The van der Waals surface area contributed by atoms with Crippen molar-refractivity contribution in [1.82, 2.24) is 10.2 Å². The molecule has 146 valence electrons. The van der Waals surface area contributed by atoms with E-state index in [0.717, 1.165) is 22.3 Å². The van der Waals surface area contributed by atoms with Crippen LogP contribution in [-0.2, 0) is 14.6 Å². The van der Waals surface area contributed by atoms with E-state index in [1.165, 1.54) is 12.1 Å². The fraction of sp³-hybridized carbons (Fsp3) is 0.250. The molecular formula is C20H21N3O4S. The fourth-order valence-corrected chi connectivity index (χ4v) is 4.00. The Morgan fingerprint density at radius 1 is 0.964 bits per heavy atom. The number of hydrogen-bond acceptors (Lipinski definition) is 6. The molecule has 3 rings (SSSR count). The predicted octanol–water partition coefficient (Wildman–Crippen LogP) is 3.46. The van der Waals surface area contributed by atoms with Gasteiger partial charge in [-0.2, -0.15) is 0 Å². The molecule has 0 spiro atoms. The first-order valence-corrected chi connectivity index (χ1v) is 10.4. The minimum Gasteiger partial charge on any atom is -0.403 e. The van der Waals surface area contributed by atoms with Crippen molar-refractivity contribution >= 4 is 21.8 Å². The van der Waals surface area contributed by atoms with Gasteiger partial charge in [0.2, 0.25) is 11.8 Å². The normalized spacial score (nSPS) is 11.4. The van der Waals surface area contributed by atoms with Crippen LogP contribution in [0.5, 0.6) is 0 Å². The summed E-state index contributed by atoms with van der Waals surface area (Å²) in [5, 5.41) is 10.2. The monoisotopic (exact) mass is 399 g/mol. The maximum absolute atomic E-state index is 12.3. The Kier molecular flexibility index (Phi) is 5.60. The number of hydrogen-bond donors (Lipinski definition) is 1. The van der Waals surface area contributed by atoms with Crippen LogP contribution in [0.3, 0.4) is 0 Å². The summed E-state index contributed by atoms with van der Waals surface area (Å²) in [6, 6.07) is 12.3. The van der Waals surface area contributed by atoms with Crippen LogP contribution in [0.2, 0.25) is 0 Å². The van der Waals surface area contributed by atoms with Crippen LogP contribution in [0.4, 0.5) is 6.01 Å². The highest BCUT2D eigenvalue weighted by atomic mass is 32.2. The predicted molar refractivity (Wildman–Crippen MR) is 106 cm³/mol. The number of nitrogens with one attached hydrogen (secondary N) is 1. The minimum absolute atomic E-state index is 0.0631. The molecular weight excluding hydrogens is 378 g/mol. The highest BCUT2D eigenvalue weighted by molar-refractivity contribution is 7.91. The molecule has 0 unspecified atom stereocenters. The molecule has 0 saturated heterocycles. The molecule has 0 aliphatic heterocycles. The highest BCUT2D eigenvalue weighted by Gasteiger charge is 2.18. The molecule has 1 heterocycles. The molecule has 8 heteroatoms. The van der Waals surface area contributed by atoms with Crippen molar-refractivity contribution in [2.45, 2.75) is 32.1 Å². The van der Waals surface area contributed by atoms with Gasteiger partial charge in [-0.25, -0.2) is 8.42 Å². The van der Waals surface area contributed by atoms with Gasteiger partial charge in [0.25, 0.3) is 0 Å². The fourth-order valence-electron chi connectivity index (χ4n) is 2.76. The Labute approximate surface area is 163 Å². The van der Waals surface area contributed by atoms with E-state index in [2.05, 4.69) is 15.5 Å². The Morgan fingerprint density at radius 2 is 1.61 bits per heavy atom. The summed E-state index contributed by atoms with van der Waals surface area (Å²) in [4.78, 5) is 12.3. The van der Waals surface area contributed by atoms with Gasteiger partial charge in [0.15, 0.2) is 9.84 Å². The van der Waals surface area contributed by atoms with Gasteiger partial charge in [-0.15, -0.1) is 5.10 Å². The van der Waals surface area contributed by atoms with Gasteiger partial charge in [0.05, 0.1) is 10.6 Å². The first-order chi connectivity index (χ1) is 13.2. The second kappa shape index (κ2) is 7.93. The molecule has 0 radical (unpaired) electrons. The van der Waals surface area contributed by atoms with E-state index in [-0.39, 0.29) is 29.0 Å². The summed E-state index contributed by atoms with van der Waals surface area (Å²) in [5.41, 5.74) is 3.83. The van der Waals surface area contributed by atoms with Crippen LogP contribution < -0.4 is 5.32 Å². The maximum atomic E-state index is 12.3. The van der Waals surface area contributed by atoms with E-state index < -0.39 is 15.7 Å². The molecule has 0 bridgehead atoms. The van der Waals surface area contributed by atoms with E-state index in [9.17, 15) is 13.2 Å². The standard InChI is InChI=1S/C20H21N3O4S/c1-13-4-6-17(7-5-13)28(25,26)9-8-18(24)21-20-23-22-19(27-20)16-11-14(2)10-15(3)12-16/h4-7,10-12H,8-9H2,1-3H3,(H,21,23,24). The lowest BCUT2D eigenvalue weighted by Crippen LogP contribution is -2.17. The summed E-state index contributed by atoms with van der Waals surface area (Å²) >= 11 is 0. The van der Waals surface area contributed by atoms with Crippen molar-refractivity contribution < 1.29 is 17.6 Å². The number of aromatic nitrogens is 2. The molecule has 3 aromatic rings. The Morgan fingerprint density at radius 3 is 2.25 bits per heavy atom. The summed E-state index contributed by atoms with van der Waals surface area (Å²) in [6.45, 7) is 5.80. The van der Waals surface area contributed by atoms with Crippen LogP contribution in [0.25, 0.3) is 11.5 Å².